The fraction of sp³-hybridized carbons (Fsp3) is 0.176. The predicted molar refractivity (Wildman–Crippen MR) is 97.7 cm³/mol. The quantitative estimate of drug-likeness (QED) is 0.534. The van der Waals surface area contributed by atoms with Gasteiger partial charge in [0.1, 0.15) is 17.7 Å². The van der Waals surface area contributed by atoms with Crippen LogP contribution in [0.5, 0.6) is 0 Å². The molecule has 0 saturated carbocycles. The van der Waals surface area contributed by atoms with Crippen molar-refractivity contribution < 1.29 is 9.18 Å². The summed E-state index contributed by atoms with van der Waals surface area (Å²) < 4.78 is 16.1. The Hall–Kier alpha value is -2.45. The molecule has 1 atom stereocenters. The highest BCUT2D eigenvalue weighted by molar-refractivity contribution is 7.98. The van der Waals surface area contributed by atoms with Crippen molar-refractivity contribution in [2.24, 2.45) is 7.05 Å². The Balaban J connectivity index is 2.00. The van der Waals surface area contributed by atoms with Crippen molar-refractivity contribution in [2.75, 3.05) is 6.26 Å². The Labute approximate surface area is 158 Å². The van der Waals surface area contributed by atoms with Gasteiger partial charge in [-0.1, -0.05) is 41.6 Å². The second-order valence-electron chi connectivity index (χ2n) is 5.38. The number of amides is 1. The Morgan fingerprint density at radius 2 is 2.12 bits per heavy atom. The van der Waals surface area contributed by atoms with E-state index in [0.29, 0.717) is 16.5 Å². The number of nitrogens with zero attached hydrogens (tertiary/aromatic N) is 4. The first-order chi connectivity index (χ1) is 12.5. The summed E-state index contributed by atoms with van der Waals surface area (Å²) >= 11 is 7.36. The summed E-state index contributed by atoms with van der Waals surface area (Å²) in [5, 5.41) is 3.31. The minimum atomic E-state index is -0.799. The number of thioether (sulfide) groups is 1. The van der Waals surface area contributed by atoms with Gasteiger partial charge in [-0.2, -0.15) is 0 Å². The van der Waals surface area contributed by atoms with E-state index in [1.54, 1.807) is 48.5 Å². The number of hydrogen-bond donors (Lipinski definition) is 1. The van der Waals surface area contributed by atoms with Crippen LogP contribution in [-0.2, 0) is 7.05 Å². The summed E-state index contributed by atoms with van der Waals surface area (Å²) in [5.41, 5.74) is 0.326. The lowest BCUT2D eigenvalue weighted by molar-refractivity contribution is 0.0935. The van der Waals surface area contributed by atoms with Gasteiger partial charge in [-0.05, 0) is 12.3 Å². The highest BCUT2D eigenvalue weighted by Gasteiger charge is 2.25. The van der Waals surface area contributed by atoms with E-state index in [1.807, 2.05) is 0 Å². The summed E-state index contributed by atoms with van der Waals surface area (Å²) in [6.45, 7) is 0. The molecule has 0 saturated heterocycles. The molecule has 134 valence electrons. The van der Waals surface area contributed by atoms with Gasteiger partial charge in [0.05, 0.1) is 11.2 Å². The maximum absolute atomic E-state index is 14.4. The average molecular weight is 392 g/mol. The lowest BCUT2D eigenvalue weighted by Gasteiger charge is -2.19. The van der Waals surface area contributed by atoms with Crippen molar-refractivity contribution in [3.8, 4) is 0 Å². The Morgan fingerprint density at radius 1 is 1.35 bits per heavy atom. The van der Waals surface area contributed by atoms with Gasteiger partial charge < -0.3 is 9.88 Å². The molecule has 26 heavy (non-hydrogen) atoms. The van der Waals surface area contributed by atoms with Crippen LogP contribution in [0.15, 0.2) is 48.0 Å². The summed E-state index contributed by atoms with van der Waals surface area (Å²) in [6, 6.07) is 5.42. The lowest BCUT2D eigenvalue weighted by atomic mass is 10.1. The monoisotopic (exact) mass is 391 g/mol. The predicted octanol–water partition coefficient (Wildman–Crippen LogP) is 3.24. The van der Waals surface area contributed by atoms with Crippen molar-refractivity contribution in [2.45, 2.75) is 11.2 Å². The zero-order valence-electron chi connectivity index (χ0n) is 14.0. The summed E-state index contributed by atoms with van der Waals surface area (Å²) in [6.07, 6.45) is 6.47. The standard InChI is InChI=1S/C17H15ClFN5OS/c1-24-8-7-20-15(24)13(10-5-3-4-6-12(10)19)22-16(25)14-11(18)9-21-17(23-14)26-2/h3-9,13H,1-2H3,(H,22,25). The molecule has 0 spiro atoms. The Morgan fingerprint density at radius 3 is 2.77 bits per heavy atom. The molecule has 2 aromatic heterocycles. The number of hydrogen-bond acceptors (Lipinski definition) is 5. The molecule has 0 aliphatic carbocycles. The molecule has 0 aliphatic heterocycles. The van der Waals surface area contributed by atoms with E-state index in [-0.39, 0.29) is 10.7 Å². The van der Waals surface area contributed by atoms with Crippen molar-refractivity contribution >= 4 is 29.3 Å². The normalized spacial score (nSPS) is 12.0. The molecular weight excluding hydrogens is 377 g/mol. The van der Waals surface area contributed by atoms with Crippen molar-refractivity contribution in [1.29, 1.82) is 0 Å². The van der Waals surface area contributed by atoms with Crippen LogP contribution in [-0.4, -0.2) is 31.7 Å². The van der Waals surface area contributed by atoms with Gasteiger partial charge in [0.15, 0.2) is 10.9 Å². The maximum Gasteiger partial charge on any atom is 0.272 e. The van der Waals surface area contributed by atoms with E-state index in [2.05, 4.69) is 20.3 Å². The van der Waals surface area contributed by atoms with Crippen molar-refractivity contribution in [3.63, 3.8) is 0 Å². The highest BCUT2D eigenvalue weighted by Crippen LogP contribution is 2.24. The zero-order valence-corrected chi connectivity index (χ0v) is 15.6. The van der Waals surface area contributed by atoms with Gasteiger partial charge in [-0.15, -0.1) is 0 Å². The number of carbonyl (C=O) groups excluding carboxylic acids is 1. The Kier molecular flexibility index (Phi) is 5.53. The average Bonchev–Trinajstić information content (AvgIpc) is 3.06. The van der Waals surface area contributed by atoms with Gasteiger partial charge in [-0.25, -0.2) is 19.3 Å². The largest absolute Gasteiger partial charge is 0.336 e. The Bertz CT molecular complexity index is 948. The zero-order chi connectivity index (χ0) is 18.7. The SMILES string of the molecule is CSc1ncc(Cl)c(C(=O)NC(c2ccccc2F)c2nccn2C)n1. The van der Waals surface area contributed by atoms with Gasteiger partial charge >= 0.3 is 0 Å². The third-order valence-corrected chi connectivity index (χ3v) is 4.57. The van der Waals surface area contributed by atoms with Crippen LogP contribution in [0, 0.1) is 5.82 Å². The highest BCUT2D eigenvalue weighted by atomic mass is 35.5. The first-order valence-corrected chi connectivity index (χ1v) is 9.20. The van der Waals surface area contributed by atoms with Crippen molar-refractivity contribution in [3.05, 3.63) is 70.8 Å². The molecule has 6 nitrogen and oxygen atoms in total. The molecule has 0 bridgehead atoms. The number of aromatic nitrogens is 4. The number of halogens is 2. The van der Waals surface area contributed by atoms with Crippen LogP contribution in [0.4, 0.5) is 4.39 Å². The van der Waals surface area contributed by atoms with Gasteiger partial charge in [-0.3, -0.25) is 4.79 Å². The fourth-order valence-electron chi connectivity index (χ4n) is 2.45. The summed E-state index contributed by atoms with van der Waals surface area (Å²) in [5.74, 6) is -0.498. The molecule has 0 fully saturated rings. The first kappa shape index (κ1) is 18.3. The number of imidazole rings is 1. The van der Waals surface area contributed by atoms with Crippen LogP contribution in [0.2, 0.25) is 5.02 Å². The molecule has 0 aliphatic rings. The van der Waals surface area contributed by atoms with E-state index in [0.717, 1.165) is 0 Å². The number of carbonyl (C=O) groups is 1. The number of nitrogens with one attached hydrogen (secondary N) is 1. The minimum absolute atomic E-state index is 0.0292. The van der Waals surface area contributed by atoms with E-state index in [9.17, 15) is 9.18 Å². The van der Waals surface area contributed by atoms with E-state index in [4.69, 9.17) is 11.6 Å². The molecule has 1 unspecified atom stereocenters. The molecule has 9 heteroatoms. The van der Waals surface area contributed by atoms with Crippen LogP contribution < -0.4 is 5.32 Å². The summed E-state index contributed by atoms with van der Waals surface area (Å²) in [7, 11) is 1.77. The summed E-state index contributed by atoms with van der Waals surface area (Å²) in [4.78, 5) is 25.2. The third-order valence-electron chi connectivity index (χ3n) is 3.73. The molecule has 1 amide bonds. The van der Waals surface area contributed by atoms with Crippen LogP contribution in [0.3, 0.4) is 0 Å². The fourth-order valence-corrected chi connectivity index (χ4v) is 2.97. The second-order valence-corrected chi connectivity index (χ2v) is 6.56. The van der Waals surface area contributed by atoms with E-state index in [1.165, 1.54) is 24.0 Å². The first-order valence-electron chi connectivity index (χ1n) is 7.60. The molecule has 1 aromatic carbocycles. The van der Waals surface area contributed by atoms with Crippen molar-refractivity contribution in [1.82, 2.24) is 24.8 Å². The molecule has 3 rings (SSSR count). The van der Waals surface area contributed by atoms with Gasteiger partial charge in [0, 0.05) is 25.0 Å². The molecule has 2 heterocycles. The third kappa shape index (κ3) is 3.71. The number of rotatable bonds is 5. The van der Waals surface area contributed by atoms with Crippen LogP contribution in [0.1, 0.15) is 27.9 Å². The molecule has 0 radical (unpaired) electrons. The van der Waals surface area contributed by atoms with Crippen LogP contribution in [0.25, 0.3) is 0 Å². The van der Waals surface area contributed by atoms with E-state index < -0.39 is 17.8 Å². The van der Waals surface area contributed by atoms with Gasteiger partial charge in [0.2, 0.25) is 0 Å². The smallest absolute Gasteiger partial charge is 0.272 e. The number of aryl methyl sites for hydroxylation is 1. The maximum atomic E-state index is 14.4. The number of benzene rings is 1. The topological polar surface area (TPSA) is 72.7 Å². The molecular formula is C17H15ClFN5OS. The second kappa shape index (κ2) is 7.84. The minimum Gasteiger partial charge on any atom is -0.336 e. The van der Waals surface area contributed by atoms with Gasteiger partial charge in [0.25, 0.3) is 5.91 Å². The lowest BCUT2D eigenvalue weighted by Crippen LogP contribution is -2.32. The molecule has 1 N–H and O–H groups in total. The molecule has 3 aromatic rings. The van der Waals surface area contributed by atoms with Crippen LogP contribution >= 0.6 is 23.4 Å². The van der Waals surface area contributed by atoms with E-state index >= 15 is 0 Å².